The van der Waals surface area contributed by atoms with E-state index in [1.165, 1.54) is 6.26 Å². The van der Waals surface area contributed by atoms with Crippen LogP contribution in [0.15, 0.2) is 59.5 Å². The number of sulfone groups is 1. The van der Waals surface area contributed by atoms with Crippen molar-refractivity contribution >= 4 is 15.8 Å². The minimum absolute atomic E-state index is 0.0936. The van der Waals surface area contributed by atoms with Gasteiger partial charge in [-0.1, -0.05) is 30.3 Å². The number of benzene rings is 2. The molecule has 1 atom stereocenters. The molecule has 3 aromatic rings. The fourth-order valence-corrected chi connectivity index (χ4v) is 4.08. The monoisotopic (exact) mass is 398 g/mol. The number of ether oxygens (including phenoxy) is 1. The first-order valence-corrected chi connectivity index (χ1v) is 11.0. The van der Waals surface area contributed by atoms with Crippen LogP contribution >= 0.6 is 0 Å². The Morgan fingerprint density at radius 1 is 1.07 bits per heavy atom. The lowest BCUT2D eigenvalue weighted by molar-refractivity contribution is 0.225. The van der Waals surface area contributed by atoms with Crippen LogP contribution in [0.3, 0.4) is 0 Å². The van der Waals surface area contributed by atoms with Crippen molar-refractivity contribution in [3.05, 3.63) is 54.6 Å². The van der Waals surface area contributed by atoms with Crippen molar-refractivity contribution in [2.45, 2.75) is 17.4 Å². The lowest BCUT2D eigenvalue weighted by atomic mass is 10.2. The highest BCUT2D eigenvalue weighted by Gasteiger charge is 2.28. The van der Waals surface area contributed by atoms with E-state index in [4.69, 9.17) is 4.74 Å². The molecule has 1 fully saturated rings. The van der Waals surface area contributed by atoms with E-state index in [-0.39, 0.29) is 11.0 Å². The van der Waals surface area contributed by atoms with Gasteiger partial charge in [-0.15, -0.1) is 10.2 Å². The van der Waals surface area contributed by atoms with Gasteiger partial charge in [-0.25, -0.2) is 8.42 Å². The molecule has 2 heterocycles. The molecule has 8 heteroatoms. The van der Waals surface area contributed by atoms with Crippen LogP contribution in [0.2, 0.25) is 0 Å². The van der Waals surface area contributed by atoms with Crippen LogP contribution in [0, 0.1) is 0 Å². The molecular formula is C20H22N4O3S. The molecule has 0 N–H and O–H groups in total. The van der Waals surface area contributed by atoms with Gasteiger partial charge in [-0.2, -0.15) is 0 Å². The predicted octanol–water partition coefficient (Wildman–Crippen LogP) is 2.54. The Hall–Kier alpha value is -2.87. The first-order valence-electron chi connectivity index (χ1n) is 9.08. The van der Waals surface area contributed by atoms with Gasteiger partial charge in [0.2, 0.25) is 5.95 Å². The third kappa shape index (κ3) is 3.73. The molecular weight excluding hydrogens is 376 g/mol. The number of anilines is 1. The molecule has 0 amide bonds. The summed E-state index contributed by atoms with van der Waals surface area (Å²) in [6, 6.07) is 16.6. The first kappa shape index (κ1) is 18.5. The second-order valence-corrected chi connectivity index (χ2v) is 8.99. The summed E-state index contributed by atoms with van der Waals surface area (Å²) in [6.07, 6.45) is 2.20. The summed E-state index contributed by atoms with van der Waals surface area (Å²) in [4.78, 5) is 2.41. The van der Waals surface area contributed by atoms with Gasteiger partial charge >= 0.3 is 0 Å². The average Bonchev–Trinajstić information content (AvgIpc) is 3.28. The maximum absolute atomic E-state index is 11.8. The van der Waals surface area contributed by atoms with Crippen LogP contribution in [0.4, 0.5) is 5.95 Å². The highest BCUT2D eigenvalue weighted by atomic mass is 32.2. The Bertz CT molecular complexity index is 1080. The van der Waals surface area contributed by atoms with Crippen LogP contribution < -0.4 is 9.64 Å². The zero-order valence-corrected chi connectivity index (χ0v) is 16.6. The normalized spacial score (nSPS) is 17.1. The third-order valence-corrected chi connectivity index (χ3v) is 5.96. The minimum Gasteiger partial charge on any atom is -0.489 e. The van der Waals surface area contributed by atoms with Crippen LogP contribution in [-0.2, 0) is 16.9 Å². The number of nitrogens with zero attached hydrogens (tertiary/aromatic N) is 4. The second kappa shape index (κ2) is 7.27. The molecule has 146 valence electrons. The van der Waals surface area contributed by atoms with Gasteiger partial charge in [0, 0.05) is 31.8 Å². The molecule has 4 rings (SSSR count). The Balaban J connectivity index is 1.53. The maximum atomic E-state index is 11.8. The summed E-state index contributed by atoms with van der Waals surface area (Å²) in [5.74, 6) is 2.25. The van der Waals surface area contributed by atoms with Crippen LogP contribution in [-0.4, -0.2) is 48.6 Å². The van der Waals surface area contributed by atoms with Crippen LogP contribution in [0.5, 0.6) is 5.75 Å². The largest absolute Gasteiger partial charge is 0.489 e. The molecule has 28 heavy (non-hydrogen) atoms. The average molecular weight is 398 g/mol. The number of para-hydroxylation sites is 1. The Kier molecular flexibility index (Phi) is 4.80. The van der Waals surface area contributed by atoms with E-state index < -0.39 is 9.84 Å². The molecule has 1 aromatic heterocycles. The summed E-state index contributed by atoms with van der Waals surface area (Å²) in [5, 5.41) is 8.64. The van der Waals surface area contributed by atoms with Crippen molar-refractivity contribution in [1.82, 2.24) is 14.8 Å². The first-order chi connectivity index (χ1) is 13.4. The Morgan fingerprint density at radius 3 is 2.61 bits per heavy atom. The molecule has 1 saturated heterocycles. The van der Waals surface area contributed by atoms with Crippen molar-refractivity contribution in [3.8, 4) is 17.1 Å². The lowest BCUT2D eigenvalue weighted by Crippen LogP contribution is -2.26. The van der Waals surface area contributed by atoms with Crippen molar-refractivity contribution in [1.29, 1.82) is 0 Å². The molecule has 0 saturated carbocycles. The van der Waals surface area contributed by atoms with Gasteiger partial charge in [0.1, 0.15) is 11.9 Å². The summed E-state index contributed by atoms with van der Waals surface area (Å²) in [6.45, 7) is 1.55. The van der Waals surface area contributed by atoms with E-state index in [2.05, 4.69) is 15.1 Å². The quantitative estimate of drug-likeness (QED) is 0.657. The summed E-state index contributed by atoms with van der Waals surface area (Å²) in [5.41, 5.74) is 0.723. The fraction of sp³-hybridized carbons (Fsp3) is 0.300. The van der Waals surface area contributed by atoms with Crippen molar-refractivity contribution < 1.29 is 13.2 Å². The summed E-state index contributed by atoms with van der Waals surface area (Å²) < 4.78 is 31.6. The zero-order chi connectivity index (χ0) is 19.7. The van der Waals surface area contributed by atoms with E-state index in [0.717, 1.165) is 36.8 Å². The number of aromatic nitrogens is 3. The second-order valence-electron chi connectivity index (χ2n) is 6.97. The van der Waals surface area contributed by atoms with E-state index >= 15 is 0 Å². The fourth-order valence-electron chi connectivity index (χ4n) is 3.41. The van der Waals surface area contributed by atoms with Gasteiger partial charge in [0.05, 0.1) is 11.4 Å². The van der Waals surface area contributed by atoms with Crippen LogP contribution in [0.1, 0.15) is 6.42 Å². The highest BCUT2D eigenvalue weighted by molar-refractivity contribution is 7.90. The van der Waals surface area contributed by atoms with Crippen molar-refractivity contribution in [3.63, 3.8) is 0 Å². The lowest BCUT2D eigenvalue weighted by Gasteiger charge is -2.18. The molecule has 7 nitrogen and oxygen atoms in total. The molecule has 1 aliphatic rings. The standard InChI is InChI=1S/C20H22N4O3S/c1-23-19(15-7-6-10-18(13-15)28(2,25)26)21-22-20(23)24-12-11-17(14-24)27-16-8-4-3-5-9-16/h3-10,13,17H,11-12,14H2,1-2H3/t17-/m0/s1. The van der Waals surface area contributed by atoms with Crippen molar-refractivity contribution in [2.24, 2.45) is 7.05 Å². The Labute approximate surface area is 164 Å². The molecule has 0 radical (unpaired) electrons. The molecule has 0 bridgehead atoms. The molecule has 1 aliphatic heterocycles. The molecule has 2 aromatic carbocycles. The molecule has 0 unspecified atom stereocenters. The summed E-state index contributed by atoms with van der Waals surface area (Å²) >= 11 is 0. The van der Waals surface area contributed by atoms with Gasteiger partial charge in [0.25, 0.3) is 0 Å². The zero-order valence-electron chi connectivity index (χ0n) is 15.8. The van der Waals surface area contributed by atoms with E-state index in [0.29, 0.717) is 5.82 Å². The number of hydrogen-bond donors (Lipinski definition) is 0. The van der Waals surface area contributed by atoms with E-state index in [1.54, 1.807) is 18.2 Å². The third-order valence-electron chi connectivity index (χ3n) is 4.85. The van der Waals surface area contributed by atoms with Gasteiger partial charge in [-0.3, -0.25) is 4.57 Å². The van der Waals surface area contributed by atoms with Crippen LogP contribution in [0.25, 0.3) is 11.4 Å². The maximum Gasteiger partial charge on any atom is 0.227 e. The SMILES string of the molecule is Cn1c(-c2cccc(S(C)(=O)=O)c2)nnc1N1CC[C@H](Oc2ccccc2)C1. The van der Waals surface area contributed by atoms with Gasteiger partial charge < -0.3 is 9.64 Å². The smallest absolute Gasteiger partial charge is 0.227 e. The van der Waals surface area contributed by atoms with E-state index in [1.807, 2.05) is 48.0 Å². The topological polar surface area (TPSA) is 77.3 Å². The number of rotatable bonds is 5. The van der Waals surface area contributed by atoms with Gasteiger partial charge in [-0.05, 0) is 24.3 Å². The predicted molar refractivity (Wildman–Crippen MR) is 107 cm³/mol. The van der Waals surface area contributed by atoms with Crippen molar-refractivity contribution in [2.75, 3.05) is 24.2 Å². The van der Waals surface area contributed by atoms with E-state index in [9.17, 15) is 8.42 Å². The Morgan fingerprint density at radius 2 is 1.86 bits per heavy atom. The minimum atomic E-state index is -3.28. The molecule has 0 spiro atoms. The molecule has 0 aliphatic carbocycles. The highest BCUT2D eigenvalue weighted by Crippen LogP contribution is 2.26. The summed E-state index contributed by atoms with van der Waals surface area (Å²) in [7, 11) is -1.38. The van der Waals surface area contributed by atoms with Gasteiger partial charge in [0.15, 0.2) is 15.7 Å². The number of hydrogen-bond acceptors (Lipinski definition) is 6.